The minimum atomic E-state index is 0.670. The van der Waals surface area contributed by atoms with E-state index in [0.717, 1.165) is 10.6 Å². The SMILES string of the molecule is [CH2]CSc1ccc(Cl)cc1Cl. The smallest absolute Gasteiger partial charge is 0.0556 e. The molecule has 0 nitrogen and oxygen atoms in total. The Hall–Kier alpha value is 0.150. The number of hydrogen-bond donors (Lipinski definition) is 0. The van der Waals surface area contributed by atoms with Crippen LogP contribution in [0.2, 0.25) is 10.0 Å². The van der Waals surface area contributed by atoms with E-state index in [1.54, 1.807) is 17.8 Å². The van der Waals surface area contributed by atoms with E-state index >= 15 is 0 Å². The monoisotopic (exact) mass is 205 g/mol. The van der Waals surface area contributed by atoms with Gasteiger partial charge in [-0.15, -0.1) is 11.8 Å². The number of hydrogen-bond acceptors (Lipinski definition) is 1. The lowest BCUT2D eigenvalue weighted by Crippen LogP contribution is -1.75. The zero-order valence-electron chi connectivity index (χ0n) is 5.81. The first kappa shape index (κ1) is 9.24. The third-order valence-corrected chi connectivity index (χ3v) is 2.68. The molecular weight excluding hydrogens is 199 g/mol. The summed E-state index contributed by atoms with van der Waals surface area (Å²) in [5.74, 6) is 0.779. The zero-order chi connectivity index (χ0) is 8.27. The lowest BCUT2D eigenvalue weighted by Gasteiger charge is -2.00. The predicted molar refractivity (Wildman–Crippen MR) is 52.5 cm³/mol. The average Bonchev–Trinajstić information content (AvgIpc) is 1.95. The molecule has 0 heterocycles. The van der Waals surface area contributed by atoms with Crippen LogP contribution in [0.3, 0.4) is 0 Å². The lowest BCUT2D eigenvalue weighted by molar-refractivity contribution is 1.46. The summed E-state index contributed by atoms with van der Waals surface area (Å²) in [6.45, 7) is 3.72. The van der Waals surface area contributed by atoms with Gasteiger partial charge in [-0.3, -0.25) is 0 Å². The van der Waals surface area contributed by atoms with Gasteiger partial charge in [0.05, 0.1) is 5.02 Å². The Kier molecular flexibility index (Phi) is 3.57. The highest BCUT2D eigenvalue weighted by Gasteiger charge is 1.99. The molecule has 0 atom stereocenters. The van der Waals surface area contributed by atoms with Crippen molar-refractivity contribution in [3.63, 3.8) is 0 Å². The predicted octanol–water partition coefficient (Wildman–Crippen LogP) is 3.92. The molecule has 1 aromatic carbocycles. The van der Waals surface area contributed by atoms with Gasteiger partial charge in [0.2, 0.25) is 0 Å². The Morgan fingerprint density at radius 2 is 2.09 bits per heavy atom. The molecule has 0 aromatic heterocycles. The van der Waals surface area contributed by atoms with E-state index in [4.69, 9.17) is 23.2 Å². The second-order valence-corrected chi connectivity index (χ2v) is 3.90. The minimum Gasteiger partial charge on any atom is -0.125 e. The lowest BCUT2D eigenvalue weighted by atomic mass is 10.4. The van der Waals surface area contributed by atoms with Crippen molar-refractivity contribution in [2.75, 3.05) is 5.75 Å². The van der Waals surface area contributed by atoms with Crippen LogP contribution in [0.15, 0.2) is 23.1 Å². The van der Waals surface area contributed by atoms with Gasteiger partial charge in [0, 0.05) is 9.92 Å². The van der Waals surface area contributed by atoms with Gasteiger partial charge in [0.25, 0.3) is 0 Å². The molecule has 1 rings (SSSR count). The molecule has 0 aliphatic rings. The molecule has 0 saturated carbocycles. The number of thioether (sulfide) groups is 1. The van der Waals surface area contributed by atoms with Crippen molar-refractivity contribution < 1.29 is 0 Å². The largest absolute Gasteiger partial charge is 0.125 e. The molecule has 0 saturated heterocycles. The Balaban J connectivity index is 2.90. The molecule has 3 heteroatoms. The Labute approximate surface area is 80.9 Å². The first-order chi connectivity index (χ1) is 5.24. The third-order valence-electron chi connectivity index (χ3n) is 1.15. The van der Waals surface area contributed by atoms with Gasteiger partial charge in [0.15, 0.2) is 0 Å². The van der Waals surface area contributed by atoms with Crippen molar-refractivity contribution in [1.29, 1.82) is 0 Å². The standard InChI is InChI=1S/C8H7Cl2S/c1-2-11-8-4-3-6(9)5-7(8)10/h3-5H,1-2H2. The fourth-order valence-corrected chi connectivity index (χ4v) is 1.86. The van der Waals surface area contributed by atoms with Crippen molar-refractivity contribution in [3.8, 4) is 0 Å². The van der Waals surface area contributed by atoms with Crippen LogP contribution in [-0.4, -0.2) is 5.75 Å². The summed E-state index contributed by atoms with van der Waals surface area (Å²) in [7, 11) is 0. The highest BCUT2D eigenvalue weighted by atomic mass is 35.5. The first-order valence-electron chi connectivity index (χ1n) is 3.11. The number of rotatable bonds is 2. The fourth-order valence-electron chi connectivity index (χ4n) is 0.702. The maximum atomic E-state index is 5.88. The number of halogens is 2. The molecule has 0 N–H and O–H groups in total. The Bertz CT molecular complexity index is 248. The Morgan fingerprint density at radius 1 is 1.36 bits per heavy atom. The minimum absolute atomic E-state index is 0.670. The van der Waals surface area contributed by atoms with Gasteiger partial charge < -0.3 is 0 Å². The van der Waals surface area contributed by atoms with E-state index in [1.807, 2.05) is 12.1 Å². The van der Waals surface area contributed by atoms with Crippen LogP contribution in [0.5, 0.6) is 0 Å². The summed E-state index contributed by atoms with van der Waals surface area (Å²) in [4.78, 5) is 1.03. The van der Waals surface area contributed by atoms with E-state index in [-0.39, 0.29) is 0 Å². The molecule has 0 bridgehead atoms. The van der Waals surface area contributed by atoms with Crippen molar-refractivity contribution >= 4 is 35.0 Å². The molecule has 1 radical (unpaired) electrons. The van der Waals surface area contributed by atoms with E-state index < -0.39 is 0 Å². The van der Waals surface area contributed by atoms with Gasteiger partial charge >= 0.3 is 0 Å². The molecule has 0 aliphatic carbocycles. The van der Waals surface area contributed by atoms with Gasteiger partial charge in [-0.05, 0) is 30.9 Å². The third kappa shape index (κ3) is 2.58. The summed E-state index contributed by atoms with van der Waals surface area (Å²) in [5, 5.41) is 1.37. The summed E-state index contributed by atoms with van der Waals surface area (Å²) in [5.41, 5.74) is 0. The van der Waals surface area contributed by atoms with Gasteiger partial charge in [-0.25, -0.2) is 0 Å². The first-order valence-corrected chi connectivity index (χ1v) is 4.85. The zero-order valence-corrected chi connectivity index (χ0v) is 8.14. The van der Waals surface area contributed by atoms with Gasteiger partial charge in [-0.1, -0.05) is 23.2 Å². The highest BCUT2D eigenvalue weighted by Crippen LogP contribution is 2.28. The normalized spacial score (nSPS) is 10.1. The van der Waals surface area contributed by atoms with Crippen molar-refractivity contribution in [1.82, 2.24) is 0 Å². The molecule has 0 unspecified atom stereocenters. The molecule has 0 spiro atoms. The van der Waals surface area contributed by atoms with Gasteiger partial charge in [0.1, 0.15) is 0 Å². The average molecular weight is 206 g/mol. The van der Waals surface area contributed by atoms with Crippen molar-refractivity contribution in [2.45, 2.75) is 4.90 Å². The van der Waals surface area contributed by atoms with Crippen LogP contribution in [-0.2, 0) is 0 Å². The maximum absolute atomic E-state index is 5.88. The van der Waals surface area contributed by atoms with E-state index in [0.29, 0.717) is 10.0 Å². The van der Waals surface area contributed by atoms with Crippen LogP contribution in [0.4, 0.5) is 0 Å². The second-order valence-electron chi connectivity index (χ2n) is 1.92. The maximum Gasteiger partial charge on any atom is 0.0556 e. The van der Waals surface area contributed by atoms with Crippen LogP contribution in [0.1, 0.15) is 0 Å². The topological polar surface area (TPSA) is 0 Å². The van der Waals surface area contributed by atoms with E-state index in [1.165, 1.54) is 0 Å². The molecule has 0 fully saturated rings. The van der Waals surface area contributed by atoms with Crippen molar-refractivity contribution in [3.05, 3.63) is 35.2 Å². The highest BCUT2D eigenvalue weighted by molar-refractivity contribution is 7.99. The quantitative estimate of drug-likeness (QED) is 0.661. The molecule has 1 aromatic rings. The summed E-state index contributed by atoms with van der Waals surface area (Å²) in [6.07, 6.45) is 0. The summed E-state index contributed by atoms with van der Waals surface area (Å²) >= 11 is 13.2. The molecule has 59 valence electrons. The van der Waals surface area contributed by atoms with Crippen LogP contribution >= 0.6 is 35.0 Å². The van der Waals surface area contributed by atoms with Crippen molar-refractivity contribution in [2.24, 2.45) is 0 Å². The molecule has 0 amide bonds. The Morgan fingerprint density at radius 3 is 2.64 bits per heavy atom. The second kappa shape index (κ2) is 4.24. The number of benzene rings is 1. The van der Waals surface area contributed by atoms with E-state index in [2.05, 4.69) is 6.92 Å². The molecule has 11 heavy (non-hydrogen) atoms. The molecule has 0 aliphatic heterocycles. The van der Waals surface area contributed by atoms with E-state index in [9.17, 15) is 0 Å². The fraction of sp³-hybridized carbons (Fsp3) is 0.125. The summed E-state index contributed by atoms with van der Waals surface area (Å²) < 4.78 is 0. The van der Waals surface area contributed by atoms with Crippen LogP contribution in [0.25, 0.3) is 0 Å². The van der Waals surface area contributed by atoms with Crippen LogP contribution < -0.4 is 0 Å². The summed E-state index contributed by atoms with van der Waals surface area (Å²) in [6, 6.07) is 5.47. The van der Waals surface area contributed by atoms with Gasteiger partial charge in [-0.2, -0.15) is 0 Å². The molecular formula is C8H7Cl2S. The van der Waals surface area contributed by atoms with Crippen LogP contribution in [0, 0.1) is 6.92 Å².